The zero-order valence-corrected chi connectivity index (χ0v) is 20.4. The van der Waals surface area contributed by atoms with Gasteiger partial charge in [-0.25, -0.2) is 0 Å². The molecule has 36 heavy (non-hydrogen) atoms. The molecule has 0 fully saturated rings. The monoisotopic (exact) mass is 574 g/mol. The molecule has 0 saturated heterocycles. The van der Waals surface area contributed by atoms with Gasteiger partial charge in [-0.2, -0.15) is 52.7 Å². The second-order valence-electron chi connectivity index (χ2n) is 8.18. The van der Waals surface area contributed by atoms with Crippen molar-refractivity contribution >= 4 is 23.5 Å². The molecule has 0 radical (unpaired) electrons. The molecule has 0 amide bonds. The van der Waals surface area contributed by atoms with E-state index in [2.05, 4.69) is 0 Å². The van der Waals surface area contributed by atoms with Gasteiger partial charge in [0.2, 0.25) is 0 Å². The lowest BCUT2D eigenvalue weighted by molar-refractivity contribution is -0.405. The van der Waals surface area contributed by atoms with Gasteiger partial charge in [0.25, 0.3) is 0 Å². The molecule has 0 spiro atoms. The Balaban J connectivity index is 2.48. The topological polar surface area (TPSA) is 0 Å². The summed E-state index contributed by atoms with van der Waals surface area (Å²) < 4.78 is 171. The highest BCUT2D eigenvalue weighted by molar-refractivity contribution is 8.00. The summed E-state index contributed by atoms with van der Waals surface area (Å²) in [7, 11) is 0. The summed E-state index contributed by atoms with van der Waals surface area (Å²) >= 11 is -2.57. The minimum Gasteiger partial charge on any atom is -0.192 e. The van der Waals surface area contributed by atoms with Crippen LogP contribution in [0.25, 0.3) is 0 Å². The van der Waals surface area contributed by atoms with Crippen LogP contribution in [0.4, 0.5) is 52.7 Å². The van der Waals surface area contributed by atoms with Gasteiger partial charge in [0.1, 0.15) is 0 Å². The van der Waals surface area contributed by atoms with Crippen molar-refractivity contribution in [3.63, 3.8) is 0 Å². The Kier molecular flexibility index (Phi) is 8.10. The molecule has 2 aromatic rings. The molecule has 0 aromatic heterocycles. The fourth-order valence-corrected chi connectivity index (χ4v) is 5.25. The van der Waals surface area contributed by atoms with Crippen molar-refractivity contribution in [2.45, 2.75) is 71.7 Å². The van der Waals surface area contributed by atoms with E-state index in [1.807, 2.05) is 0 Å². The van der Waals surface area contributed by atoms with Crippen LogP contribution in [0.15, 0.2) is 46.2 Å². The summed E-state index contributed by atoms with van der Waals surface area (Å²) in [6.45, 7) is 5.30. The van der Waals surface area contributed by atoms with E-state index in [1.54, 1.807) is 0 Å². The molecule has 2 aromatic carbocycles. The lowest BCUT2D eigenvalue weighted by atomic mass is 9.98. The molecule has 14 heteroatoms. The van der Waals surface area contributed by atoms with Crippen LogP contribution in [0.1, 0.15) is 22.3 Å². The van der Waals surface area contributed by atoms with E-state index < -0.39 is 67.5 Å². The summed E-state index contributed by atoms with van der Waals surface area (Å²) in [5, 5.41) is -12.2. The van der Waals surface area contributed by atoms with Gasteiger partial charge >= 0.3 is 34.2 Å². The van der Waals surface area contributed by atoms with E-state index in [4.69, 9.17) is 0 Å². The van der Waals surface area contributed by atoms with E-state index in [9.17, 15) is 52.7 Å². The van der Waals surface area contributed by atoms with Crippen LogP contribution in [0.2, 0.25) is 0 Å². The number of alkyl halides is 12. The second kappa shape index (κ2) is 9.55. The lowest BCUT2D eigenvalue weighted by Crippen LogP contribution is -2.69. The SMILES string of the molecule is Cc1cc(C)cc(SC(F)(F)C(F)(F)C(F)(F)C(F)(F)C(F)(F)C(F)(F)Sc2cc(C)cc(C)c2)c1. The molecule has 0 heterocycles. The van der Waals surface area contributed by atoms with E-state index in [0.29, 0.717) is 0 Å². The van der Waals surface area contributed by atoms with E-state index in [1.165, 1.54) is 39.8 Å². The average Bonchev–Trinajstić information content (AvgIpc) is 2.64. The Hall–Kier alpha value is -1.70. The first-order chi connectivity index (χ1) is 16.0. The maximum atomic E-state index is 14.3. The van der Waals surface area contributed by atoms with Crippen molar-refractivity contribution in [1.29, 1.82) is 0 Å². The number of benzene rings is 2. The molecule has 0 unspecified atom stereocenters. The van der Waals surface area contributed by atoms with Crippen molar-refractivity contribution < 1.29 is 52.7 Å². The molecular formula is C22H18F12S2. The number of halogens is 12. The summed E-state index contributed by atoms with van der Waals surface area (Å²) in [6, 6.07) is 6.11. The quantitative estimate of drug-likeness (QED) is 0.216. The number of thioether (sulfide) groups is 2. The fourth-order valence-electron chi connectivity index (χ4n) is 3.17. The van der Waals surface area contributed by atoms with E-state index in [0.717, 1.165) is 24.3 Å². The van der Waals surface area contributed by atoms with Gasteiger partial charge in [-0.3, -0.25) is 0 Å². The molecule has 0 saturated carbocycles. The summed E-state index contributed by atoms with van der Waals surface area (Å²) in [5.41, 5.74) is 0.846. The smallest absolute Gasteiger partial charge is 0.192 e. The Morgan fingerprint density at radius 1 is 0.389 bits per heavy atom. The number of aryl methyl sites for hydroxylation is 4. The molecule has 0 aliphatic carbocycles. The summed E-state index contributed by atoms with van der Waals surface area (Å²) in [5.74, 6) is -29.6. The predicted octanol–water partition coefficient (Wildman–Crippen LogP) is 9.53. The molecular weight excluding hydrogens is 556 g/mol. The first-order valence-electron chi connectivity index (χ1n) is 9.80. The highest BCUT2D eigenvalue weighted by atomic mass is 32.2. The van der Waals surface area contributed by atoms with Gasteiger partial charge in [-0.15, -0.1) is 0 Å². The van der Waals surface area contributed by atoms with Gasteiger partial charge in [-0.1, -0.05) is 12.1 Å². The molecule has 0 nitrogen and oxygen atoms in total. The maximum absolute atomic E-state index is 14.3. The number of hydrogen-bond donors (Lipinski definition) is 0. The molecule has 202 valence electrons. The number of hydrogen-bond acceptors (Lipinski definition) is 2. The van der Waals surface area contributed by atoms with Crippen LogP contribution >= 0.6 is 23.5 Å². The lowest BCUT2D eigenvalue weighted by Gasteiger charge is -2.40. The molecule has 0 atom stereocenters. The third-order valence-electron chi connectivity index (χ3n) is 4.80. The minimum atomic E-state index is -7.61. The normalized spacial score (nSPS) is 14.3. The Morgan fingerprint density at radius 3 is 0.833 bits per heavy atom. The van der Waals surface area contributed by atoms with E-state index in [-0.39, 0.29) is 22.3 Å². The molecule has 0 aliphatic heterocycles. The maximum Gasteiger partial charge on any atom is 0.388 e. The van der Waals surface area contributed by atoms with Crippen LogP contribution in [0, 0.1) is 27.7 Å². The van der Waals surface area contributed by atoms with Crippen molar-refractivity contribution in [2.75, 3.05) is 0 Å². The zero-order valence-electron chi connectivity index (χ0n) is 18.8. The van der Waals surface area contributed by atoms with Crippen LogP contribution in [-0.2, 0) is 0 Å². The molecule has 0 N–H and O–H groups in total. The largest absolute Gasteiger partial charge is 0.388 e. The standard InChI is InChI=1S/C22H18F12S2/c1-11-5-12(2)8-15(7-11)35-21(31,32)19(27,28)17(23,24)18(25,26)20(29,30)22(33,34)36-16-9-13(3)6-14(4)10-16/h5-10H,1-4H3. The van der Waals surface area contributed by atoms with Gasteiger partial charge < -0.3 is 0 Å². The highest BCUT2D eigenvalue weighted by Crippen LogP contribution is 2.64. The first kappa shape index (κ1) is 30.5. The molecule has 2 rings (SSSR count). The third kappa shape index (κ3) is 5.30. The van der Waals surface area contributed by atoms with Crippen molar-refractivity contribution in [3.05, 3.63) is 58.7 Å². The number of rotatable bonds is 9. The fraction of sp³-hybridized carbons (Fsp3) is 0.455. The predicted molar refractivity (Wildman–Crippen MR) is 113 cm³/mol. The van der Waals surface area contributed by atoms with E-state index >= 15 is 0 Å². The summed E-state index contributed by atoms with van der Waals surface area (Å²) in [6.07, 6.45) is 0. The van der Waals surface area contributed by atoms with Crippen LogP contribution in [0.3, 0.4) is 0 Å². The van der Waals surface area contributed by atoms with Gasteiger partial charge in [0, 0.05) is 9.79 Å². The van der Waals surface area contributed by atoms with Crippen LogP contribution in [0.5, 0.6) is 0 Å². The van der Waals surface area contributed by atoms with Gasteiger partial charge in [0.15, 0.2) is 0 Å². The zero-order chi connectivity index (χ0) is 28.1. The van der Waals surface area contributed by atoms with Crippen molar-refractivity contribution in [2.24, 2.45) is 0 Å². The minimum absolute atomic E-state index is 0.211. The third-order valence-corrected chi connectivity index (χ3v) is 6.76. The van der Waals surface area contributed by atoms with Crippen molar-refractivity contribution in [3.8, 4) is 0 Å². The van der Waals surface area contributed by atoms with Crippen LogP contribution < -0.4 is 0 Å². The highest BCUT2D eigenvalue weighted by Gasteiger charge is 2.90. The molecule has 0 bridgehead atoms. The first-order valence-corrected chi connectivity index (χ1v) is 11.4. The van der Waals surface area contributed by atoms with Gasteiger partial charge in [-0.05, 0) is 97.7 Å². The Bertz CT molecular complexity index is 984. The average molecular weight is 574 g/mol. The van der Waals surface area contributed by atoms with Crippen LogP contribution in [-0.4, -0.2) is 34.2 Å². The second-order valence-corrected chi connectivity index (χ2v) is 10.6. The summed E-state index contributed by atoms with van der Waals surface area (Å²) in [4.78, 5) is -1.53. The van der Waals surface area contributed by atoms with Crippen molar-refractivity contribution in [1.82, 2.24) is 0 Å². The Morgan fingerprint density at radius 2 is 0.611 bits per heavy atom. The van der Waals surface area contributed by atoms with Gasteiger partial charge in [0.05, 0.1) is 0 Å². The molecule has 0 aliphatic rings. The Labute approximate surface area is 206 Å².